The molecule has 21 heavy (non-hydrogen) atoms. The second-order valence-corrected chi connectivity index (χ2v) is 6.31. The van der Waals surface area contributed by atoms with E-state index >= 15 is 0 Å². The second kappa shape index (κ2) is 8.91. The van der Waals surface area contributed by atoms with Crippen LogP contribution in [-0.4, -0.2) is 35.6 Å². The number of nitrogens with zero attached hydrogens (tertiary/aromatic N) is 2. The maximum atomic E-state index is 4.76. The minimum atomic E-state index is 0. The zero-order valence-electron chi connectivity index (χ0n) is 12.2. The average molecular weight is 348 g/mol. The maximum Gasteiger partial charge on any atom is 0.108 e. The molecule has 118 valence electrons. The fraction of sp³-hybridized carbons (Fsp3) is 0.533. The van der Waals surface area contributed by atoms with Gasteiger partial charge in [-0.1, -0.05) is 19.1 Å². The van der Waals surface area contributed by atoms with Crippen molar-refractivity contribution >= 4 is 46.4 Å². The zero-order valence-corrected chi connectivity index (χ0v) is 14.7. The highest BCUT2D eigenvalue weighted by Crippen LogP contribution is 2.24. The van der Waals surface area contributed by atoms with Crippen LogP contribution in [0.25, 0.3) is 10.2 Å². The van der Waals surface area contributed by atoms with Crippen LogP contribution in [0, 0.1) is 0 Å². The van der Waals surface area contributed by atoms with E-state index < -0.39 is 0 Å². The van der Waals surface area contributed by atoms with E-state index in [0.717, 1.165) is 25.2 Å². The number of halogens is 2. The Kier molecular flexibility index (Phi) is 7.92. The molecule has 2 aromatic rings. The highest BCUT2D eigenvalue weighted by molar-refractivity contribution is 7.18. The molecule has 1 aliphatic heterocycles. The van der Waals surface area contributed by atoms with Crippen molar-refractivity contribution in [2.75, 3.05) is 19.6 Å². The molecule has 1 aromatic carbocycles. The molecule has 1 fully saturated rings. The summed E-state index contributed by atoms with van der Waals surface area (Å²) in [5.74, 6) is 0. The third-order valence-electron chi connectivity index (χ3n) is 3.74. The highest BCUT2D eigenvalue weighted by atomic mass is 35.5. The number of rotatable bonds is 5. The normalized spacial score (nSPS) is 17.7. The van der Waals surface area contributed by atoms with Gasteiger partial charge in [-0.2, -0.15) is 0 Å². The molecule has 1 N–H and O–H groups in total. The summed E-state index contributed by atoms with van der Waals surface area (Å²) in [5.41, 5.74) is 1.14. The molecule has 0 saturated carbocycles. The Labute approximate surface area is 143 Å². The standard InChI is InChI=1S/C15H21N3S.2ClH/c1-2-9-18(12-7-8-16-10-12)11-15-17-13-5-3-4-6-14(13)19-15;;/h3-6,12,16H,2,7-11H2,1H3;2*1H. The molecule has 1 atom stereocenters. The largest absolute Gasteiger partial charge is 0.315 e. The fourth-order valence-electron chi connectivity index (χ4n) is 2.79. The van der Waals surface area contributed by atoms with Crippen LogP contribution in [0.4, 0.5) is 0 Å². The highest BCUT2D eigenvalue weighted by Gasteiger charge is 2.22. The lowest BCUT2D eigenvalue weighted by atomic mass is 10.2. The summed E-state index contributed by atoms with van der Waals surface area (Å²) < 4.78 is 1.30. The van der Waals surface area contributed by atoms with Crippen molar-refractivity contribution in [3.05, 3.63) is 29.3 Å². The van der Waals surface area contributed by atoms with Gasteiger partial charge in [0.2, 0.25) is 0 Å². The monoisotopic (exact) mass is 347 g/mol. The van der Waals surface area contributed by atoms with Crippen LogP contribution >= 0.6 is 36.2 Å². The molecule has 0 spiro atoms. The van der Waals surface area contributed by atoms with Crippen LogP contribution in [0.2, 0.25) is 0 Å². The SMILES string of the molecule is CCCN(Cc1nc2ccccc2s1)C1CCNC1.Cl.Cl. The lowest BCUT2D eigenvalue weighted by Crippen LogP contribution is -2.36. The van der Waals surface area contributed by atoms with E-state index in [-0.39, 0.29) is 24.8 Å². The molecule has 0 aliphatic carbocycles. The van der Waals surface area contributed by atoms with E-state index in [0.29, 0.717) is 6.04 Å². The van der Waals surface area contributed by atoms with Crippen molar-refractivity contribution in [3.8, 4) is 0 Å². The van der Waals surface area contributed by atoms with Crippen molar-refractivity contribution in [1.29, 1.82) is 0 Å². The Bertz CT molecular complexity index is 507. The van der Waals surface area contributed by atoms with E-state index in [4.69, 9.17) is 4.98 Å². The van der Waals surface area contributed by atoms with E-state index in [1.54, 1.807) is 0 Å². The Hall–Kier alpha value is -0.390. The Morgan fingerprint density at radius 1 is 1.33 bits per heavy atom. The van der Waals surface area contributed by atoms with E-state index in [1.807, 2.05) is 11.3 Å². The molecule has 1 saturated heterocycles. The molecule has 1 aliphatic rings. The Balaban J connectivity index is 0.00000110. The van der Waals surface area contributed by atoms with Crippen LogP contribution in [0.5, 0.6) is 0 Å². The lowest BCUT2D eigenvalue weighted by Gasteiger charge is -2.26. The summed E-state index contributed by atoms with van der Waals surface area (Å²) in [5, 5.41) is 4.72. The van der Waals surface area contributed by atoms with Crippen LogP contribution in [0.1, 0.15) is 24.8 Å². The Morgan fingerprint density at radius 3 is 2.81 bits per heavy atom. The van der Waals surface area contributed by atoms with Crippen molar-refractivity contribution in [2.45, 2.75) is 32.4 Å². The van der Waals surface area contributed by atoms with Crippen molar-refractivity contribution < 1.29 is 0 Å². The number of para-hydroxylation sites is 1. The first kappa shape index (κ1) is 18.7. The average Bonchev–Trinajstić information content (AvgIpc) is 3.07. The molecule has 2 heterocycles. The topological polar surface area (TPSA) is 28.2 Å². The quantitative estimate of drug-likeness (QED) is 0.893. The van der Waals surface area contributed by atoms with Gasteiger partial charge >= 0.3 is 0 Å². The molecule has 3 rings (SSSR count). The van der Waals surface area contributed by atoms with Gasteiger partial charge in [0, 0.05) is 12.6 Å². The van der Waals surface area contributed by atoms with E-state index in [1.165, 1.54) is 29.1 Å². The molecule has 0 radical (unpaired) electrons. The third-order valence-corrected chi connectivity index (χ3v) is 4.76. The minimum Gasteiger partial charge on any atom is -0.315 e. The number of hydrogen-bond acceptors (Lipinski definition) is 4. The summed E-state index contributed by atoms with van der Waals surface area (Å²) in [6.07, 6.45) is 2.48. The number of thiazole rings is 1. The molecular weight excluding hydrogens is 325 g/mol. The van der Waals surface area contributed by atoms with E-state index in [9.17, 15) is 0 Å². The summed E-state index contributed by atoms with van der Waals surface area (Å²) in [6.45, 7) is 6.71. The van der Waals surface area contributed by atoms with Crippen molar-refractivity contribution in [3.63, 3.8) is 0 Å². The van der Waals surface area contributed by atoms with Crippen molar-refractivity contribution in [2.24, 2.45) is 0 Å². The number of fused-ring (bicyclic) bond motifs is 1. The predicted octanol–water partition coefficient (Wildman–Crippen LogP) is 3.71. The second-order valence-electron chi connectivity index (χ2n) is 5.19. The summed E-state index contributed by atoms with van der Waals surface area (Å²) in [7, 11) is 0. The third kappa shape index (κ3) is 4.54. The first-order chi connectivity index (χ1) is 9.36. The van der Waals surface area contributed by atoms with Gasteiger partial charge in [0.05, 0.1) is 16.8 Å². The number of aromatic nitrogens is 1. The number of benzene rings is 1. The molecular formula is C15H23Cl2N3S. The van der Waals surface area contributed by atoms with E-state index in [2.05, 4.69) is 41.4 Å². The molecule has 6 heteroatoms. The minimum absolute atomic E-state index is 0. The summed E-state index contributed by atoms with van der Waals surface area (Å²) in [4.78, 5) is 7.36. The maximum absolute atomic E-state index is 4.76. The van der Waals surface area contributed by atoms with Gasteiger partial charge in [-0.3, -0.25) is 4.90 Å². The summed E-state index contributed by atoms with van der Waals surface area (Å²) >= 11 is 1.84. The zero-order chi connectivity index (χ0) is 13.1. The van der Waals surface area contributed by atoms with Crippen LogP contribution in [0.3, 0.4) is 0 Å². The first-order valence-electron chi connectivity index (χ1n) is 7.16. The van der Waals surface area contributed by atoms with Crippen LogP contribution in [-0.2, 0) is 6.54 Å². The lowest BCUT2D eigenvalue weighted by molar-refractivity contribution is 0.199. The summed E-state index contributed by atoms with van der Waals surface area (Å²) in [6, 6.07) is 9.12. The van der Waals surface area contributed by atoms with Crippen molar-refractivity contribution in [1.82, 2.24) is 15.2 Å². The number of hydrogen-bond donors (Lipinski definition) is 1. The molecule has 1 unspecified atom stereocenters. The smallest absolute Gasteiger partial charge is 0.108 e. The molecule has 3 nitrogen and oxygen atoms in total. The first-order valence-corrected chi connectivity index (χ1v) is 7.97. The van der Waals surface area contributed by atoms with Crippen LogP contribution in [0.15, 0.2) is 24.3 Å². The molecule has 1 aromatic heterocycles. The van der Waals surface area contributed by atoms with Gasteiger partial charge in [0.25, 0.3) is 0 Å². The Morgan fingerprint density at radius 2 is 2.14 bits per heavy atom. The van der Waals surface area contributed by atoms with Gasteiger partial charge in [0.1, 0.15) is 5.01 Å². The number of nitrogens with one attached hydrogen (secondary N) is 1. The van der Waals surface area contributed by atoms with Gasteiger partial charge in [-0.05, 0) is 38.1 Å². The van der Waals surface area contributed by atoms with Gasteiger partial charge < -0.3 is 5.32 Å². The molecule has 0 amide bonds. The van der Waals surface area contributed by atoms with Gasteiger partial charge in [-0.25, -0.2) is 4.98 Å². The molecule has 0 bridgehead atoms. The van der Waals surface area contributed by atoms with Crippen LogP contribution < -0.4 is 5.32 Å². The van der Waals surface area contributed by atoms with Gasteiger partial charge in [0.15, 0.2) is 0 Å². The van der Waals surface area contributed by atoms with Gasteiger partial charge in [-0.15, -0.1) is 36.2 Å². The predicted molar refractivity (Wildman–Crippen MR) is 96.1 cm³/mol. The fourth-order valence-corrected chi connectivity index (χ4v) is 3.78.